The molecule has 1 N–H and O–H groups in total. The average Bonchev–Trinajstić information content (AvgIpc) is 3.44. The van der Waals surface area contributed by atoms with E-state index >= 15 is 0 Å². The Hall–Kier alpha value is -1.92. The molecule has 1 fully saturated rings. The summed E-state index contributed by atoms with van der Waals surface area (Å²) in [7, 11) is 0. The molecular formula is C21H25N3OS2. The topological polar surface area (TPSA) is 46.9 Å². The summed E-state index contributed by atoms with van der Waals surface area (Å²) in [4.78, 5) is 15.5. The number of thiophene rings is 2. The highest BCUT2D eigenvalue weighted by molar-refractivity contribution is 7.13. The molecular weight excluding hydrogens is 374 g/mol. The van der Waals surface area contributed by atoms with E-state index in [-0.39, 0.29) is 11.3 Å². The Morgan fingerprint density at radius 3 is 2.59 bits per heavy atom. The van der Waals surface area contributed by atoms with Crippen molar-refractivity contribution in [2.45, 2.75) is 51.5 Å². The first kappa shape index (κ1) is 18.4. The normalized spacial score (nSPS) is 15.9. The lowest BCUT2D eigenvalue weighted by Crippen LogP contribution is -2.43. The molecule has 0 aromatic carbocycles. The zero-order chi connectivity index (χ0) is 18.9. The van der Waals surface area contributed by atoms with Gasteiger partial charge in [0.25, 0.3) is 0 Å². The lowest BCUT2D eigenvalue weighted by molar-refractivity contribution is -0.126. The van der Waals surface area contributed by atoms with E-state index in [1.54, 1.807) is 22.7 Å². The molecule has 0 aliphatic heterocycles. The highest BCUT2D eigenvalue weighted by Crippen LogP contribution is 2.43. The molecule has 3 aromatic heterocycles. The van der Waals surface area contributed by atoms with Crippen LogP contribution in [0.4, 0.5) is 0 Å². The number of nitrogens with one attached hydrogen (secondary N) is 1. The third kappa shape index (κ3) is 3.36. The number of nitrogens with zero attached hydrogens (tertiary/aromatic N) is 2. The van der Waals surface area contributed by atoms with Crippen molar-refractivity contribution in [3.63, 3.8) is 0 Å². The second-order valence-electron chi connectivity index (χ2n) is 7.27. The van der Waals surface area contributed by atoms with Crippen molar-refractivity contribution in [3.8, 4) is 10.4 Å². The SMILES string of the molecule is Cc1nn(CCNC(=O)C2(c3cccs3)CCCC2)c(C)c1-c1cccs1. The first-order chi connectivity index (χ1) is 13.1. The van der Waals surface area contributed by atoms with Crippen molar-refractivity contribution in [3.05, 3.63) is 51.3 Å². The van der Waals surface area contributed by atoms with Gasteiger partial charge in [-0.2, -0.15) is 5.10 Å². The summed E-state index contributed by atoms with van der Waals surface area (Å²) in [6.07, 6.45) is 4.18. The van der Waals surface area contributed by atoms with Gasteiger partial charge in [0.15, 0.2) is 0 Å². The maximum atomic E-state index is 13.1. The Morgan fingerprint density at radius 1 is 1.19 bits per heavy atom. The number of aromatic nitrogens is 2. The quantitative estimate of drug-likeness (QED) is 0.640. The zero-order valence-corrected chi connectivity index (χ0v) is 17.5. The van der Waals surface area contributed by atoms with Crippen LogP contribution in [0, 0.1) is 13.8 Å². The fourth-order valence-electron chi connectivity index (χ4n) is 4.25. The number of aryl methyl sites for hydroxylation is 1. The third-order valence-corrected chi connectivity index (χ3v) is 7.60. The molecule has 4 rings (SSSR count). The van der Waals surface area contributed by atoms with Gasteiger partial charge in [-0.25, -0.2) is 0 Å². The zero-order valence-electron chi connectivity index (χ0n) is 15.8. The molecule has 27 heavy (non-hydrogen) atoms. The van der Waals surface area contributed by atoms with Crippen LogP contribution in [-0.2, 0) is 16.8 Å². The Balaban J connectivity index is 1.44. The van der Waals surface area contributed by atoms with Crippen molar-refractivity contribution in [1.29, 1.82) is 0 Å². The van der Waals surface area contributed by atoms with E-state index in [4.69, 9.17) is 5.10 Å². The van der Waals surface area contributed by atoms with E-state index in [0.29, 0.717) is 13.1 Å². The number of hydrogen-bond donors (Lipinski definition) is 1. The molecule has 0 radical (unpaired) electrons. The van der Waals surface area contributed by atoms with Gasteiger partial charge < -0.3 is 5.32 Å². The number of rotatable bonds is 6. The van der Waals surface area contributed by atoms with Crippen LogP contribution in [0.25, 0.3) is 10.4 Å². The van der Waals surface area contributed by atoms with Gasteiger partial charge in [0.05, 0.1) is 17.7 Å². The molecule has 0 saturated heterocycles. The summed E-state index contributed by atoms with van der Waals surface area (Å²) in [6, 6.07) is 8.37. The fraction of sp³-hybridized carbons (Fsp3) is 0.429. The molecule has 0 unspecified atom stereocenters. The maximum absolute atomic E-state index is 13.1. The van der Waals surface area contributed by atoms with E-state index < -0.39 is 0 Å². The van der Waals surface area contributed by atoms with Crippen LogP contribution < -0.4 is 5.32 Å². The van der Waals surface area contributed by atoms with Gasteiger partial charge in [-0.15, -0.1) is 22.7 Å². The Kier molecular flexibility index (Phi) is 5.19. The second kappa shape index (κ2) is 7.60. The Morgan fingerprint density at radius 2 is 1.93 bits per heavy atom. The van der Waals surface area contributed by atoms with Gasteiger partial charge in [0, 0.05) is 27.6 Å². The van der Waals surface area contributed by atoms with Gasteiger partial charge in [-0.05, 0) is 49.6 Å². The first-order valence-corrected chi connectivity index (χ1v) is 11.3. The molecule has 1 aliphatic rings. The van der Waals surface area contributed by atoms with Gasteiger partial charge >= 0.3 is 0 Å². The van der Waals surface area contributed by atoms with E-state index in [1.807, 2.05) is 4.68 Å². The van der Waals surface area contributed by atoms with E-state index in [0.717, 1.165) is 37.1 Å². The van der Waals surface area contributed by atoms with Crippen molar-refractivity contribution in [2.24, 2.45) is 0 Å². The van der Waals surface area contributed by atoms with Crippen LogP contribution in [0.2, 0.25) is 0 Å². The molecule has 4 nitrogen and oxygen atoms in total. The lowest BCUT2D eigenvalue weighted by Gasteiger charge is -2.26. The Bertz CT molecular complexity index is 904. The number of carbonyl (C=O) groups is 1. The van der Waals surface area contributed by atoms with E-state index in [1.165, 1.54) is 15.3 Å². The summed E-state index contributed by atoms with van der Waals surface area (Å²) >= 11 is 3.45. The van der Waals surface area contributed by atoms with Crippen LogP contribution in [0.15, 0.2) is 35.0 Å². The monoisotopic (exact) mass is 399 g/mol. The standard InChI is InChI=1S/C21H25N3OS2/c1-15-19(17-7-5-13-26-17)16(2)24(23-15)12-11-22-20(25)21(9-3-4-10-21)18-8-6-14-27-18/h5-8,13-14H,3-4,9-12H2,1-2H3,(H,22,25). The van der Waals surface area contributed by atoms with Gasteiger partial charge in [0.2, 0.25) is 5.91 Å². The summed E-state index contributed by atoms with van der Waals surface area (Å²) < 4.78 is 2.02. The molecule has 1 saturated carbocycles. The van der Waals surface area contributed by atoms with Gasteiger partial charge in [0.1, 0.15) is 0 Å². The molecule has 1 amide bonds. The van der Waals surface area contributed by atoms with Crippen molar-refractivity contribution in [1.82, 2.24) is 15.1 Å². The summed E-state index contributed by atoms with van der Waals surface area (Å²) in [6.45, 7) is 5.48. The number of amides is 1. The van der Waals surface area contributed by atoms with Crippen molar-refractivity contribution >= 4 is 28.6 Å². The highest BCUT2D eigenvalue weighted by atomic mass is 32.1. The van der Waals surface area contributed by atoms with Crippen molar-refractivity contribution < 1.29 is 4.79 Å². The summed E-state index contributed by atoms with van der Waals surface area (Å²) in [5.74, 6) is 0.183. The number of hydrogen-bond acceptors (Lipinski definition) is 4. The largest absolute Gasteiger partial charge is 0.353 e. The molecule has 142 valence electrons. The molecule has 6 heteroatoms. The van der Waals surface area contributed by atoms with E-state index in [9.17, 15) is 4.79 Å². The van der Waals surface area contributed by atoms with Crippen molar-refractivity contribution in [2.75, 3.05) is 6.54 Å². The first-order valence-electron chi connectivity index (χ1n) is 9.52. The average molecular weight is 400 g/mol. The fourth-order valence-corrected chi connectivity index (χ4v) is 6.11. The minimum atomic E-state index is -0.314. The molecule has 3 aromatic rings. The van der Waals surface area contributed by atoms with Crippen LogP contribution in [0.5, 0.6) is 0 Å². The molecule has 0 atom stereocenters. The Labute approximate surface area is 168 Å². The van der Waals surface area contributed by atoms with Crippen LogP contribution in [0.1, 0.15) is 41.9 Å². The summed E-state index contributed by atoms with van der Waals surface area (Å²) in [5.41, 5.74) is 3.12. The van der Waals surface area contributed by atoms with Crippen LogP contribution >= 0.6 is 22.7 Å². The molecule has 1 aliphatic carbocycles. The molecule has 3 heterocycles. The predicted octanol–water partition coefficient (Wildman–Crippen LogP) is 4.92. The summed E-state index contributed by atoms with van der Waals surface area (Å²) in [5, 5.41) is 12.1. The predicted molar refractivity (Wildman–Crippen MR) is 112 cm³/mol. The van der Waals surface area contributed by atoms with Gasteiger partial charge in [-0.3, -0.25) is 9.48 Å². The van der Waals surface area contributed by atoms with Crippen LogP contribution in [0.3, 0.4) is 0 Å². The van der Waals surface area contributed by atoms with E-state index in [2.05, 4.69) is 54.2 Å². The minimum absolute atomic E-state index is 0.183. The highest BCUT2D eigenvalue weighted by Gasteiger charge is 2.43. The molecule has 0 spiro atoms. The minimum Gasteiger partial charge on any atom is -0.353 e. The lowest BCUT2D eigenvalue weighted by atomic mass is 9.83. The molecule has 0 bridgehead atoms. The second-order valence-corrected chi connectivity index (χ2v) is 9.16. The maximum Gasteiger partial charge on any atom is 0.231 e. The smallest absolute Gasteiger partial charge is 0.231 e. The third-order valence-electron chi connectivity index (χ3n) is 5.64. The van der Waals surface area contributed by atoms with Gasteiger partial charge in [-0.1, -0.05) is 25.0 Å². The van der Waals surface area contributed by atoms with Crippen LogP contribution in [-0.4, -0.2) is 22.2 Å². The number of carbonyl (C=O) groups excluding carboxylic acids is 1.